The maximum absolute atomic E-state index is 14.1. The molecule has 0 aliphatic carbocycles. The molecule has 6 nitrogen and oxygen atoms in total. The first-order chi connectivity index (χ1) is 12.0. The third-order valence-electron chi connectivity index (χ3n) is 3.44. The molecule has 0 bridgehead atoms. The van der Waals surface area contributed by atoms with Crippen LogP contribution in [-0.2, 0) is 10.0 Å². The van der Waals surface area contributed by atoms with Gasteiger partial charge in [-0.1, -0.05) is 0 Å². The van der Waals surface area contributed by atoms with Crippen LogP contribution in [0.15, 0.2) is 17.0 Å². The highest BCUT2D eigenvalue weighted by molar-refractivity contribution is 7.92. The third-order valence-corrected chi connectivity index (χ3v) is 4.84. The summed E-state index contributed by atoms with van der Waals surface area (Å²) in [5.41, 5.74) is -1.30. The number of halogens is 4. The molecule has 26 heavy (non-hydrogen) atoms. The molecule has 0 heterocycles. The topological polar surface area (TPSA) is 84.9 Å². The van der Waals surface area contributed by atoms with Crippen LogP contribution in [-0.4, -0.2) is 27.7 Å². The van der Waals surface area contributed by atoms with Crippen LogP contribution in [0.1, 0.15) is 5.56 Å². The Labute approximate surface area is 146 Å². The lowest BCUT2D eigenvalue weighted by Crippen LogP contribution is -2.19. The zero-order chi connectivity index (χ0) is 19.8. The predicted molar refractivity (Wildman–Crippen MR) is 83.0 cm³/mol. The van der Waals surface area contributed by atoms with Crippen molar-refractivity contribution in [1.82, 2.24) is 0 Å². The Kier molecular flexibility index (Phi) is 5.21. The van der Waals surface area contributed by atoms with E-state index in [2.05, 4.69) is 0 Å². The van der Waals surface area contributed by atoms with E-state index in [-0.39, 0.29) is 17.2 Å². The van der Waals surface area contributed by atoms with Crippen LogP contribution in [0, 0.1) is 30.2 Å². The number of phenolic OH excluding ortho intramolecular Hbond substituents is 1. The van der Waals surface area contributed by atoms with Gasteiger partial charge in [-0.25, -0.2) is 26.0 Å². The van der Waals surface area contributed by atoms with Crippen molar-refractivity contribution in [1.29, 1.82) is 0 Å². The lowest BCUT2D eigenvalue weighted by molar-refractivity contribution is 0.340. The molecule has 0 fully saturated rings. The second kappa shape index (κ2) is 6.90. The molecule has 0 saturated heterocycles. The smallest absolute Gasteiger partial charge is 0.267 e. The molecule has 11 heteroatoms. The van der Waals surface area contributed by atoms with Crippen molar-refractivity contribution in [3.05, 3.63) is 41.0 Å². The van der Waals surface area contributed by atoms with E-state index in [1.807, 2.05) is 0 Å². The zero-order valence-electron chi connectivity index (χ0n) is 13.7. The van der Waals surface area contributed by atoms with E-state index in [9.17, 15) is 31.1 Å². The van der Waals surface area contributed by atoms with Gasteiger partial charge in [0.1, 0.15) is 0 Å². The van der Waals surface area contributed by atoms with Crippen molar-refractivity contribution in [3.8, 4) is 17.2 Å². The number of methoxy groups -OCH3 is 2. The maximum atomic E-state index is 14.1. The molecular formula is C15H13F4NO5S. The third kappa shape index (κ3) is 3.21. The SMILES string of the molecule is COc1cc(NS(=O)(=O)c2c(F)c(C)c(F)c(F)c2F)cc(OC)c1O. The molecule has 2 rings (SSSR count). The van der Waals surface area contributed by atoms with Gasteiger partial charge in [0.2, 0.25) is 5.75 Å². The van der Waals surface area contributed by atoms with E-state index in [1.54, 1.807) is 4.72 Å². The minimum Gasteiger partial charge on any atom is -0.502 e. The largest absolute Gasteiger partial charge is 0.502 e. The lowest BCUT2D eigenvalue weighted by atomic mass is 10.2. The van der Waals surface area contributed by atoms with E-state index >= 15 is 0 Å². The van der Waals surface area contributed by atoms with Gasteiger partial charge in [0.15, 0.2) is 39.7 Å². The van der Waals surface area contributed by atoms with Crippen LogP contribution in [0.5, 0.6) is 17.2 Å². The molecule has 2 aromatic rings. The number of hydrogen-bond acceptors (Lipinski definition) is 5. The molecule has 0 amide bonds. The highest BCUT2D eigenvalue weighted by Crippen LogP contribution is 2.39. The van der Waals surface area contributed by atoms with Crippen molar-refractivity contribution in [2.24, 2.45) is 0 Å². The van der Waals surface area contributed by atoms with E-state index in [1.165, 1.54) is 14.2 Å². The second-order valence-corrected chi connectivity index (χ2v) is 6.66. The molecule has 0 aromatic heterocycles. The van der Waals surface area contributed by atoms with Crippen molar-refractivity contribution < 1.29 is 40.6 Å². The van der Waals surface area contributed by atoms with Gasteiger partial charge >= 0.3 is 0 Å². The number of anilines is 1. The maximum Gasteiger partial charge on any atom is 0.267 e. The number of hydrogen-bond donors (Lipinski definition) is 2. The summed E-state index contributed by atoms with van der Waals surface area (Å²) in [6.07, 6.45) is 0. The van der Waals surface area contributed by atoms with Crippen LogP contribution < -0.4 is 14.2 Å². The van der Waals surface area contributed by atoms with Gasteiger partial charge in [-0.3, -0.25) is 4.72 Å². The summed E-state index contributed by atoms with van der Waals surface area (Å²) >= 11 is 0. The normalized spacial score (nSPS) is 11.3. The van der Waals surface area contributed by atoms with Crippen molar-refractivity contribution >= 4 is 15.7 Å². The average Bonchev–Trinajstić information content (AvgIpc) is 2.59. The molecule has 142 valence electrons. The van der Waals surface area contributed by atoms with Gasteiger partial charge < -0.3 is 14.6 Å². The standard InChI is InChI=1S/C15H13F4NO5S/c1-6-10(16)12(18)13(19)15(11(6)17)26(22,23)20-7-4-8(24-2)14(21)9(5-7)25-3/h4-5,20-21H,1-3H3. The van der Waals surface area contributed by atoms with Crippen LogP contribution in [0.3, 0.4) is 0 Å². The Morgan fingerprint density at radius 1 is 0.923 bits per heavy atom. The first-order valence-corrected chi connectivity index (χ1v) is 8.33. The Morgan fingerprint density at radius 3 is 1.88 bits per heavy atom. The summed E-state index contributed by atoms with van der Waals surface area (Å²) in [5.74, 6) is -8.77. The second-order valence-electron chi connectivity index (χ2n) is 5.04. The zero-order valence-corrected chi connectivity index (χ0v) is 14.5. The number of benzene rings is 2. The Balaban J connectivity index is 2.62. The Morgan fingerprint density at radius 2 is 1.42 bits per heavy atom. The molecule has 0 unspecified atom stereocenters. The van der Waals surface area contributed by atoms with Crippen LogP contribution in [0.2, 0.25) is 0 Å². The van der Waals surface area contributed by atoms with Crippen LogP contribution >= 0.6 is 0 Å². The van der Waals surface area contributed by atoms with Gasteiger partial charge in [0.25, 0.3) is 10.0 Å². The van der Waals surface area contributed by atoms with Crippen molar-refractivity contribution in [2.45, 2.75) is 11.8 Å². The first kappa shape index (κ1) is 19.6. The monoisotopic (exact) mass is 395 g/mol. The van der Waals surface area contributed by atoms with Crippen molar-refractivity contribution in [3.63, 3.8) is 0 Å². The van der Waals surface area contributed by atoms with E-state index in [0.29, 0.717) is 0 Å². The Hall–Kier alpha value is -2.69. The van der Waals surface area contributed by atoms with Gasteiger partial charge in [-0.2, -0.15) is 0 Å². The summed E-state index contributed by atoms with van der Waals surface area (Å²) in [4.78, 5) is -1.68. The number of ether oxygens (including phenoxy) is 2. The fraction of sp³-hybridized carbons (Fsp3) is 0.200. The van der Waals surface area contributed by atoms with Gasteiger partial charge in [0.05, 0.1) is 19.9 Å². The van der Waals surface area contributed by atoms with Gasteiger partial charge in [-0.15, -0.1) is 0 Å². The molecular weight excluding hydrogens is 382 g/mol. The molecule has 0 aliphatic heterocycles. The Bertz CT molecular complexity index is 924. The molecule has 0 radical (unpaired) electrons. The van der Waals surface area contributed by atoms with Crippen molar-refractivity contribution in [2.75, 3.05) is 18.9 Å². The van der Waals surface area contributed by atoms with Gasteiger partial charge in [0, 0.05) is 17.7 Å². The fourth-order valence-corrected chi connectivity index (χ4v) is 3.36. The molecule has 0 aliphatic rings. The minimum atomic E-state index is -5.00. The van der Waals surface area contributed by atoms with Gasteiger partial charge in [-0.05, 0) is 6.92 Å². The number of rotatable bonds is 5. The minimum absolute atomic E-state index is 0.204. The molecule has 0 spiro atoms. The van der Waals surface area contributed by atoms with Crippen LogP contribution in [0.25, 0.3) is 0 Å². The summed E-state index contributed by atoms with van der Waals surface area (Å²) < 4.78 is 91.0. The average molecular weight is 395 g/mol. The van der Waals surface area contributed by atoms with E-state index < -0.39 is 49.5 Å². The summed E-state index contributed by atoms with van der Waals surface area (Å²) in [7, 11) is -2.66. The highest BCUT2D eigenvalue weighted by Gasteiger charge is 2.32. The summed E-state index contributed by atoms with van der Waals surface area (Å²) in [6.45, 7) is 0.763. The fourth-order valence-electron chi connectivity index (χ4n) is 2.12. The lowest BCUT2D eigenvalue weighted by Gasteiger charge is -2.15. The number of phenols is 1. The molecule has 2 N–H and O–H groups in total. The summed E-state index contributed by atoms with van der Waals surface area (Å²) in [5, 5.41) is 9.78. The van der Waals surface area contributed by atoms with Crippen LogP contribution in [0.4, 0.5) is 23.2 Å². The quantitative estimate of drug-likeness (QED) is 0.352. The van der Waals surface area contributed by atoms with E-state index in [4.69, 9.17) is 9.47 Å². The predicted octanol–water partition coefficient (Wildman–Crippen LogP) is 3.08. The number of aromatic hydroxyl groups is 1. The number of nitrogens with one attached hydrogen (secondary N) is 1. The first-order valence-electron chi connectivity index (χ1n) is 6.85. The van der Waals surface area contributed by atoms with E-state index in [0.717, 1.165) is 19.1 Å². The number of sulfonamides is 1. The summed E-state index contributed by atoms with van der Waals surface area (Å²) in [6, 6.07) is 2.00. The molecule has 0 saturated carbocycles. The highest BCUT2D eigenvalue weighted by atomic mass is 32.2. The molecule has 2 aromatic carbocycles. The molecule has 0 atom stereocenters.